The summed E-state index contributed by atoms with van der Waals surface area (Å²) in [4.78, 5) is 0.182. The molecule has 0 unspecified atom stereocenters. The van der Waals surface area contributed by atoms with E-state index in [1.165, 1.54) is 19.2 Å². The minimum atomic E-state index is -3.39. The summed E-state index contributed by atoms with van der Waals surface area (Å²) in [6.07, 6.45) is 0. The van der Waals surface area contributed by atoms with Crippen LogP contribution in [0.5, 0.6) is 5.75 Å². The predicted octanol–water partition coefficient (Wildman–Crippen LogP) is -0.0342. The molecule has 0 radical (unpaired) electrons. The molecule has 1 aromatic carbocycles. The Bertz CT molecular complexity index is 399. The van der Waals surface area contributed by atoms with Crippen LogP contribution in [-0.2, 0) is 10.0 Å². The molecular weight excluding hydrogens is 218 g/mol. The van der Waals surface area contributed by atoms with Gasteiger partial charge in [0.2, 0.25) is 10.0 Å². The summed E-state index contributed by atoms with van der Waals surface area (Å²) in [6, 6.07) is 5.97. The minimum Gasteiger partial charge on any atom is -0.491 e. The molecule has 1 aromatic rings. The van der Waals surface area contributed by atoms with Gasteiger partial charge in [0.15, 0.2) is 0 Å². The second-order valence-corrected chi connectivity index (χ2v) is 4.64. The Hall–Kier alpha value is -1.11. The van der Waals surface area contributed by atoms with E-state index in [1.54, 1.807) is 12.1 Å². The first-order valence-electron chi connectivity index (χ1n) is 4.37. The number of rotatable bonds is 5. The lowest BCUT2D eigenvalue weighted by Gasteiger charge is -2.05. The Kier molecular flexibility index (Phi) is 4.07. The highest BCUT2D eigenvalue weighted by atomic mass is 32.2. The number of nitrogens with one attached hydrogen (secondary N) is 1. The second-order valence-electron chi connectivity index (χ2n) is 2.75. The van der Waals surface area contributed by atoms with Crippen LogP contribution in [-0.4, -0.2) is 33.8 Å². The van der Waals surface area contributed by atoms with Crippen molar-refractivity contribution in [2.24, 2.45) is 0 Å². The van der Waals surface area contributed by atoms with Crippen molar-refractivity contribution in [1.82, 2.24) is 4.72 Å². The zero-order valence-electron chi connectivity index (χ0n) is 8.30. The van der Waals surface area contributed by atoms with Gasteiger partial charge in [0, 0.05) is 0 Å². The first-order chi connectivity index (χ1) is 7.10. The highest BCUT2D eigenvalue weighted by Crippen LogP contribution is 2.15. The van der Waals surface area contributed by atoms with Crippen molar-refractivity contribution in [2.45, 2.75) is 4.90 Å². The lowest BCUT2D eigenvalue weighted by Crippen LogP contribution is -2.18. The van der Waals surface area contributed by atoms with Crippen molar-refractivity contribution >= 4 is 10.0 Å². The zero-order valence-corrected chi connectivity index (χ0v) is 9.12. The fraction of sp³-hybridized carbons (Fsp3) is 0.333. The van der Waals surface area contributed by atoms with Gasteiger partial charge in [-0.2, -0.15) is 0 Å². The lowest BCUT2D eigenvalue weighted by molar-refractivity contribution is 0.201. The third-order valence-electron chi connectivity index (χ3n) is 1.76. The average Bonchev–Trinajstić information content (AvgIpc) is 2.27. The van der Waals surface area contributed by atoms with E-state index < -0.39 is 10.0 Å². The molecule has 0 heterocycles. The summed E-state index contributed by atoms with van der Waals surface area (Å²) in [5.74, 6) is 0.527. The van der Waals surface area contributed by atoms with Crippen molar-refractivity contribution in [2.75, 3.05) is 20.3 Å². The van der Waals surface area contributed by atoms with Crippen LogP contribution >= 0.6 is 0 Å². The van der Waals surface area contributed by atoms with Gasteiger partial charge in [0.05, 0.1) is 11.5 Å². The molecule has 0 saturated heterocycles. The Labute approximate surface area is 88.7 Å². The maximum absolute atomic E-state index is 11.3. The van der Waals surface area contributed by atoms with Crippen molar-refractivity contribution in [3.8, 4) is 5.75 Å². The van der Waals surface area contributed by atoms with Crippen molar-refractivity contribution in [3.63, 3.8) is 0 Å². The molecule has 0 amide bonds. The second kappa shape index (κ2) is 5.11. The van der Waals surface area contributed by atoms with Gasteiger partial charge in [-0.3, -0.25) is 0 Å². The van der Waals surface area contributed by atoms with Crippen molar-refractivity contribution < 1.29 is 18.3 Å². The summed E-state index contributed by atoms with van der Waals surface area (Å²) in [5.41, 5.74) is 0. The van der Waals surface area contributed by atoms with Gasteiger partial charge in [-0.25, -0.2) is 13.1 Å². The highest BCUT2D eigenvalue weighted by Gasteiger charge is 2.10. The number of hydrogen-bond acceptors (Lipinski definition) is 4. The van der Waals surface area contributed by atoms with Crippen LogP contribution in [0.4, 0.5) is 0 Å². The van der Waals surface area contributed by atoms with E-state index in [0.717, 1.165) is 0 Å². The molecule has 0 bridgehead atoms. The Morgan fingerprint density at radius 3 is 2.40 bits per heavy atom. The highest BCUT2D eigenvalue weighted by molar-refractivity contribution is 7.89. The maximum atomic E-state index is 11.3. The van der Waals surface area contributed by atoms with Gasteiger partial charge in [0.25, 0.3) is 0 Å². The topological polar surface area (TPSA) is 75.6 Å². The molecule has 0 aliphatic carbocycles. The summed E-state index contributed by atoms with van der Waals surface area (Å²) in [6.45, 7) is 0.120. The largest absolute Gasteiger partial charge is 0.491 e. The molecular formula is C9H13NO4S. The number of aliphatic hydroxyl groups is 1. The minimum absolute atomic E-state index is 0.0729. The third kappa shape index (κ3) is 3.19. The SMILES string of the molecule is CNS(=O)(=O)c1ccc(OCCO)cc1. The number of aliphatic hydroxyl groups excluding tert-OH is 1. The molecule has 0 aliphatic heterocycles. The van der Waals surface area contributed by atoms with Crippen LogP contribution in [0.15, 0.2) is 29.2 Å². The third-order valence-corrected chi connectivity index (χ3v) is 3.19. The fourth-order valence-corrected chi connectivity index (χ4v) is 1.73. The van der Waals surface area contributed by atoms with Crippen LogP contribution in [0, 0.1) is 0 Å². The van der Waals surface area contributed by atoms with E-state index in [-0.39, 0.29) is 18.1 Å². The van der Waals surface area contributed by atoms with E-state index in [4.69, 9.17) is 9.84 Å². The molecule has 0 aromatic heterocycles. The number of hydrogen-bond donors (Lipinski definition) is 2. The quantitative estimate of drug-likeness (QED) is 0.746. The molecule has 2 N–H and O–H groups in total. The van der Waals surface area contributed by atoms with Gasteiger partial charge < -0.3 is 9.84 Å². The van der Waals surface area contributed by atoms with Crippen LogP contribution in [0.2, 0.25) is 0 Å². The molecule has 0 fully saturated rings. The molecule has 6 heteroatoms. The summed E-state index contributed by atoms with van der Waals surface area (Å²) < 4.78 is 30.0. The normalized spacial score (nSPS) is 11.3. The smallest absolute Gasteiger partial charge is 0.240 e. The molecule has 0 atom stereocenters. The van der Waals surface area contributed by atoms with E-state index in [0.29, 0.717) is 5.75 Å². The molecule has 1 rings (SSSR count). The van der Waals surface area contributed by atoms with Gasteiger partial charge in [-0.05, 0) is 31.3 Å². The van der Waals surface area contributed by atoms with Gasteiger partial charge in [0.1, 0.15) is 12.4 Å². The molecule has 15 heavy (non-hydrogen) atoms. The number of sulfonamides is 1. The monoisotopic (exact) mass is 231 g/mol. The Balaban J connectivity index is 2.81. The summed E-state index contributed by atoms with van der Waals surface area (Å²) in [5, 5.41) is 8.52. The molecule has 0 saturated carbocycles. The summed E-state index contributed by atoms with van der Waals surface area (Å²) >= 11 is 0. The van der Waals surface area contributed by atoms with E-state index in [1.807, 2.05) is 0 Å². The molecule has 0 aliphatic rings. The standard InChI is InChI=1S/C9H13NO4S/c1-10-15(12,13)9-4-2-8(3-5-9)14-7-6-11/h2-5,10-11H,6-7H2,1H3. The van der Waals surface area contributed by atoms with E-state index in [2.05, 4.69) is 4.72 Å². The van der Waals surface area contributed by atoms with Crippen LogP contribution in [0.1, 0.15) is 0 Å². The molecule has 0 spiro atoms. The van der Waals surface area contributed by atoms with Crippen molar-refractivity contribution in [1.29, 1.82) is 0 Å². The van der Waals surface area contributed by atoms with Crippen LogP contribution < -0.4 is 9.46 Å². The predicted molar refractivity (Wildman–Crippen MR) is 55.3 cm³/mol. The number of ether oxygens (including phenoxy) is 1. The number of benzene rings is 1. The first kappa shape index (κ1) is 12.0. The van der Waals surface area contributed by atoms with E-state index in [9.17, 15) is 8.42 Å². The lowest BCUT2D eigenvalue weighted by atomic mass is 10.3. The van der Waals surface area contributed by atoms with Crippen LogP contribution in [0.25, 0.3) is 0 Å². The van der Waals surface area contributed by atoms with Crippen molar-refractivity contribution in [3.05, 3.63) is 24.3 Å². The van der Waals surface area contributed by atoms with Gasteiger partial charge >= 0.3 is 0 Å². The molecule has 5 nitrogen and oxygen atoms in total. The van der Waals surface area contributed by atoms with Gasteiger partial charge in [-0.15, -0.1) is 0 Å². The maximum Gasteiger partial charge on any atom is 0.240 e. The van der Waals surface area contributed by atoms with Gasteiger partial charge in [-0.1, -0.05) is 0 Å². The zero-order chi connectivity index (χ0) is 11.3. The fourth-order valence-electron chi connectivity index (χ4n) is 0.996. The summed E-state index contributed by atoms with van der Waals surface area (Å²) in [7, 11) is -2.04. The average molecular weight is 231 g/mol. The molecule has 84 valence electrons. The first-order valence-corrected chi connectivity index (χ1v) is 5.86. The Morgan fingerprint density at radius 1 is 1.33 bits per heavy atom. The van der Waals surface area contributed by atoms with Crippen LogP contribution in [0.3, 0.4) is 0 Å². The Morgan fingerprint density at radius 2 is 1.93 bits per heavy atom. The van der Waals surface area contributed by atoms with E-state index >= 15 is 0 Å².